The maximum Gasteiger partial charge on any atom is 0.192 e. The molecule has 1 unspecified atom stereocenters. The molecule has 2 aromatic rings. The highest BCUT2D eigenvalue weighted by molar-refractivity contribution is 6.10. The first-order chi connectivity index (χ1) is 11.3. The van der Waals surface area contributed by atoms with E-state index in [4.69, 9.17) is 0 Å². The summed E-state index contributed by atoms with van der Waals surface area (Å²) in [4.78, 5) is 12.4. The normalized spacial score (nSPS) is 16.9. The zero-order valence-electron chi connectivity index (χ0n) is 13.5. The number of carbonyl (C=O) groups is 1. The van der Waals surface area contributed by atoms with Crippen LogP contribution in [0.4, 0.5) is 0 Å². The third kappa shape index (κ3) is 3.87. The minimum Gasteiger partial charge on any atom is -0.289 e. The molecule has 3 rings (SSSR count). The Morgan fingerprint density at radius 2 is 1.70 bits per heavy atom. The number of allylic oxidation sites excluding steroid dienone is 4. The lowest BCUT2D eigenvalue weighted by atomic mass is 9.88. The summed E-state index contributed by atoms with van der Waals surface area (Å²) in [5.74, 6) is 0.599. The number of aryl methyl sites for hydroxylation is 1. The smallest absolute Gasteiger partial charge is 0.192 e. The van der Waals surface area contributed by atoms with Crippen molar-refractivity contribution in [2.75, 3.05) is 0 Å². The number of rotatable bonds is 5. The van der Waals surface area contributed by atoms with Crippen molar-refractivity contribution in [2.45, 2.75) is 26.2 Å². The van der Waals surface area contributed by atoms with Crippen LogP contribution in [0.1, 0.15) is 34.8 Å². The predicted octanol–water partition coefficient (Wildman–Crippen LogP) is 5.18. The summed E-state index contributed by atoms with van der Waals surface area (Å²) in [6, 6.07) is 18.4. The fourth-order valence-corrected chi connectivity index (χ4v) is 2.95. The molecule has 23 heavy (non-hydrogen) atoms. The maximum absolute atomic E-state index is 12.4. The molecule has 2 aromatic carbocycles. The van der Waals surface area contributed by atoms with Crippen molar-refractivity contribution in [3.8, 4) is 0 Å². The molecule has 1 atom stereocenters. The molecule has 0 amide bonds. The number of hydrogen-bond donors (Lipinski definition) is 0. The van der Waals surface area contributed by atoms with Gasteiger partial charge in [-0.1, -0.05) is 79.7 Å². The molecule has 0 aromatic heterocycles. The molecule has 0 saturated carbocycles. The largest absolute Gasteiger partial charge is 0.289 e. The maximum atomic E-state index is 12.4. The summed E-state index contributed by atoms with van der Waals surface area (Å²) in [6.07, 6.45) is 9.30. The van der Waals surface area contributed by atoms with Crippen LogP contribution in [0.5, 0.6) is 0 Å². The van der Waals surface area contributed by atoms with E-state index in [2.05, 4.69) is 43.3 Å². The van der Waals surface area contributed by atoms with Gasteiger partial charge in [-0.05, 0) is 36.3 Å². The molecule has 116 valence electrons. The molecule has 1 aliphatic rings. The molecule has 0 radical (unpaired) electrons. The second-order valence-corrected chi connectivity index (χ2v) is 6.08. The van der Waals surface area contributed by atoms with Gasteiger partial charge in [0.05, 0.1) is 0 Å². The first-order valence-electron chi connectivity index (χ1n) is 8.32. The van der Waals surface area contributed by atoms with Crippen LogP contribution in [0.2, 0.25) is 0 Å². The summed E-state index contributed by atoms with van der Waals surface area (Å²) in [6.45, 7) is 2.18. The van der Waals surface area contributed by atoms with E-state index >= 15 is 0 Å². The van der Waals surface area contributed by atoms with E-state index in [9.17, 15) is 4.79 Å². The minimum absolute atomic E-state index is 0.118. The zero-order chi connectivity index (χ0) is 16.1. The molecule has 1 heteroatoms. The summed E-state index contributed by atoms with van der Waals surface area (Å²) in [7, 11) is 0. The van der Waals surface area contributed by atoms with E-state index in [0.717, 1.165) is 30.4 Å². The van der Waals surface area contributed by atoms with Gasteiger partial charge in [0, 0.05) is 11.1 Å². The van der Waals surface area contributed by atoms with Crippen molar-refractivity contribution < 1.29 is 4.79 Å². The molecule has 0 N–H and O–H groups in total. The van der Waals surface area contributed by atoms with Crippen molar-refractivity contribution in [2.24, 2.45) is 5.92 Å². The quantitative estimate of drug-likeness (QED) is 0.696. The molecule has 0 fully saturated rings. The van der Waals surface area contributed by atoms with Crippen LogP contribution in [-0.2, 0) is 12.8 Å². The lowest BCUT2D eigenvalue weighted by molar-refractivity contribution is 0.103. The fraction of sp³-hybridized carbons (Fsp3) is 0.227. The molecular formula is C22H22O. The van der Waals surface area contributed by atoms with E-state index in [1.54, 1.807) is 0 Å². The van der Waals surface area contributed by atoms with E-state index < -0.39 is 0 Å². The Balaban J connectivity index is 1.62. The molecule has 1 nitrogen and oxygen atoms in total. The van der Waals surface area contributed by atoms with E-state index in [0.29, 0.717) is 5.92 Å². The van der Waals surface area contributed by atoms with Gasteiger partial charge in [-0.15, -0.1) is 0 Å². The van der Waals surface area contributed by atoms with Crippen LogP contribution in [0.15, 0.2) is 78.4 Å². The van der Waals surface area contributed by atoms with E-state index in [1.807, 2.05) is 36.4 Å². The highest BCUT2D eigenvalue weighted by Gasteiger charge is 2.15. The van der Waals surface area contributed by atoms with Crippen LogP contribution in [0.3, 0.4) is 0 Å². The summed E-state index contributed by atoms with van der Waals surface area (Å²) in [5.41, 5.74) is 4.32. The zero-order valence-corrected chi connectivity index (χ0v) is 13.5. The molecule has 0 aliphatic heterocycles. The Labute approximate surface area is 138 Å². The average Bonchev–Trinajstić information content (AvgIpc) is 2.63. The minimum atomic E-state index is 0.118. The van der Waals surface area contributed by atoms with E-state index in [-0.39, 0.29) is 5.78 Å². The van der Waals surface area contributed by atoms with Gasteiger partial charge in [0.1, 0.15) is 0 Å². The van der Waals surface area contributed by atoms with Gasteiger partial charge in [0.15, 0.2) is 5.78 Å². The van der Waals surface area contributed by atoms with Crippen LogP contribution in [-0.4, -0.2) is 5.78 Å². The second-order valence-electron chi connectivity index (χ2n) is 6.08. The van der Waals surface area contributed by atoms with Crippen molar-refractivity contribution in [3.63, 3.8) is 0 Å². The molecule has 1 aliphatic carbocycles. The highest BCUT2D eigenvalue weighted by atomic mass is 16.1. The topological polar surface area (TPSA) is 17.1 Å². The molecule has 0 spiro atoms. The monoisotopic (exact) mass is 302 g/mol. The number of benzene rings is 2. The van der Waals surface area contributed by atoms with Gasteiger partial charge in [-0.2, -0.15) is 0 Å². The summed E-state index contributed by atoms with van der Waals surface area (Å²) >= 11 is 0. The summed E-state index contributed by atoms with van der Waals surface area (Å²) in [5, 5.41) is 0. The van der Waals surface area contributed by atoms with Gasteiger partial charge in [0.25, 0.3) is 0 Å². The predicted molar refractivity (Wildman–Crippen MR) is 95.6 cm³/mol. The third-order valence-corrected chi connectivity index (χ3v) is 4.42. The van der Waals surface area contributed by atoms with Crippen LogP contribution in [0, 0.1) is 5.92 Å². The summed E-state index contributed by atoms with van der Waals surface area (Å²) < 4.78 is 0. The average molecular weight is 302 g/mol. The van der Waals surface area contributed by atoms with E-state index in [1.165, 1.54) is 11.1 Å². The van der Waals surface area contributed by atoms with Crippen LogP contribution >= 0.6 is 0 Å². The molecule has 0 saturated heterocycles. The number of ketones is 1. The highest BCUT2D eigenvalue weighted by Crippen LogP contribution is 2.23. The van der Waals surface area contributed by atoms with Crippen molar-refractivity contribution in [1.29, 1.82) is 0 Å². The van der Waals surface area contributed by atoms with Gasteiger partial charge in [0.2, 0.25) is 0 Å². The first kappa shape index (κ1) is 15.5. The molecule has 0 heterocycles. The van der Waals surface area contributed by atoms with Gasteiger partial charge in [-0.3, -0.25) is 4.79 Å². The van der Waals surface area contributed by atoms with Gasteiger partial charge < -0.3 is 0 Å². The first-order valence-corrected chi connectivity index (χ1v) is 8.32. The Bertz CT molecular complexity index is 720. The van der Waals surface area contributed by atoms with Crippen molar-refractivity contribution in [3.05, 3.63) is 95.1 Å². The number of carbonyl (C=O) groups excluding carboxylic acids is 1. The van der Waals surface area contributed by atoms with Crippen LogP contribution in [0.25, 0.3) is 0 Å². The number of Topliss-reactive ketones (excluding diaryl/α,β-unsaturated/α-hetero) is 1. The Morgan fingerprint density at radius 3 is 2.30 bits per heavy atom. The number of hydrogen-bond acceptors (Lipinski definition) is 1. The standard InChI is InChI=1S/C22H22O/c1-2-17-8-10-18(11-9-17)16-19-12-14-21(15-13-19)22(23)20-6-4-3-5-7-20/h3-12,14-15,19H,2,13,16H2,1H3. The van der Waals surface area contributed by atoms with Gasteiger partial charge in [-0.25, -0.2) is 0 Å². The Hall–Kier alpha value is -2.41. The second kappa shape index (κ2) is 7.23. The van der Waals surface area contributed by atoms with Crippen molar-refractivity contribution >= 4 is 5.78 Å². The van der Waals surface area contributed by atoms with Crippen LogP contribution < -0.4 is 0 Å². The van der Waals surface area contributed by atoms with Crippen molar-refractivity contribution in [1.82, 2.24) is 0 Å². The molecule has 0 bridgehead atoms. The SMILES string of the molecule is CCc1ccc(CC2C=CC(C(=O)c3ccccc3)=CC2)cc1. The lowest BCUT2D eigenvalue weighted by Gasteiger charge is -2.16. The Morgan fingerprint density at radius 1 is 1.00 bits per heavy atom. The lowest BCUT2D eigenvalue weighted by Crippen LogP contribution is -2.09. The fourth-order valence-electron chi connectivity index (χ4n) is 2.95. The third-order valence-electron chi connectivity index (χ3n) is 4.42. The van der Waals surface area contributed by atoms with Gasteiger partial charge >= 0.3 is 0 Å². The Kier molecular flexibility index (Phi) is 4.87. The molecular weight excluding hydrogens is 280 g/mol.